The van der Waals surface area contributed by atoms with Crippen molar-refractivity contribution in [3.05, 3.63) is 65.9 Å². The van der Waals surface area contributed by atoms with Crippen molar-refractivity contribution in [3.8, 4) is 16.9 Å². The Bertz CT molecular complexity index is 1050. The first kappa shape index (κ1) is 25.0. The minimum absolute atomic E-state index is 0. The number of aryl methyl sites for hydroxylation is 1. The number of primary sulfonamides is 1. The maximum atomic E-state index is 13.1. The van der Waals surface area contributed by atoms with Gasteiger partial charge in [-0.05, 0) is 37.3 Å². The average Bonchev–Trinajstić information content (AvgIpc) is 3.00. The van der Waals surface area contributed by atoms with E-state index in [0.717, 1.165) is 16.3 Å². The van der Waals surface area contributed by atoms with E-state index in [4.69, 9.17) is 5.14 Å². The van der Waals surface area contributed by atoms with Crippen LogP contribution in [-0.2, 0) is 16.2 Å². The minimum atomic E-state index is -4.61. The van der Waals surface area contributed by atoms with Gasteiger partial charge in [0.25, 0.3) is 0 Å². The van der Waals surface area contributed by atoms with Gasteiger partial charge in [0.15, 0.2) is 5.69 Å². The third-order valence-electron chi connectivity index (χ3n) is 3.76. The minimum Gasteiger partial charge on any atom is -1.00 e. The van der Waals surface area contributed by atoms with Crippen LogP contribution in [0, 0.1) is 6.92 Å². The summed E-state index contributed by atoms with van der Waals surface area (Å²) in [6.45, 7) is 1.87. The average molecular weight is 440 g/mol. The van der Waals surface area contributed by atoms with Crippen molar-refractivity contribution in [1.29, 1.82) is 0 Å². The summed E-state index contributed by atoms with van der Waals surface area (Å²) in [7, 11) is -3.90. The van der Waals surface area contributed by atoms with Crippen LogP contribution in [0.1, 0.15) is 12.7 Å². The topological polar surface area (TPSA) is 109 Å². The Morgan fingerprint density at radius 1 is 1.04 bits per heavy atom. The molecule has 0 aliphatic rings. The van der Waals surface area contributed by atoms with Gasteiger partial charge in [-0.1, -0.05) is 29.8 Å². The smallest absolute Gasteiger partial charge is 1.00 e. The summed E-state index contributed by atoms with van der Waals surface area (Å²) in [5.74, 6) is 0. The van der Waals surface area contributed by atoms with E-state index in [1.54, 1.807) is 24.3 Å². The van der Waals surface area contributed by atoms with Crippen LogP contribution in [0.5, 0.6) is 0 Å². The Kier molecular flexibility index (Phi) is 8.19. The fourth-order valence-electron chi connectivity index (χ4n) is 2.42. The molecule has 0 amide bonds. The van der Waals surface area contributed by atoms with E-state index in [1.165, 1.54) is 24.3 Å². The summed E-state index contributed by atoms with van der Waals surface area (Å²) in [6.07, 6.45) is -4.61. The van der Waals surface area contributed by atoms with Gasteiger partial charge in [0.2, 0.25) is 10.0 Å². The second-order valence-corrected chi connectivity index (χ2v) is 7.29. The first-order chi connectivity index (χ1) is 12.1. The van der Waals surface area contributed by atoms with Crippen LogP contribution in [0.3, 0.4) is 0 Å². The van der Waals surface area contributed by atoms with Gasteiger partial charge in [-0.3, -0.25) is 0 Å². The van der Waals surface area contributed by atoms with Gasteiger partial charge in [-0.15, -0.1) is 0 Å². The number of hydrogen-bond acceptors (Lipinski definition) is 3. The zero-order chi connectivity index (χ0) is 19.1. The Hall–Kier alpha value is -1.05. The molecule has 1 heterocycles. The van der Waals surface area contributed by atoms with Gasteiger partial charge < -0.3 is 6.90 Å². The molecular formula is C17H17F3KN3O3S. The number of benzene rings is 2. The third-order valence-corrected chi connectivity index (χ3v) is 4.69. The summed E-state index contributed by atoms with van der Waals surface area (Å²) in [6, 6.07) is 13.1. The molecule has 3 aromatic rings. The first-order valence-electron chi connectivity index (χ1n) is 7.43. The number of nitrogens with two attached hydrogens (primary N) is 1. The summed E-state index contributed by atoms with van der Waals surface area (Å²) < 4.78 is 63.2. The number of aromatic nitrogens is 2. The standard InChI is InChI=1S/C17H14F3N3O2S.K.H2O.H/c1-11-2-4-12(5-3-11)15-10-16(17(18,19)20)22-23(15)13-6-8-14(9-7-13)26(21,24)25;;;/h2-10H,1H3,(H2,21,24,25);;1H2;/q;+1;;-1. The fraction of sp³-hybridized carbons (Fsp3) is 0.118. The van der Waals surface area contributed by atoms with E-state index in [0.29, 0.717) is 5.56 Å². The Morgan fingerprint density at radius 3 is 2.04 bits per heavy atom. The van der Waals surface area contributed by atoms with Crippen molar-refractivity contribution in [2.75, 3.05) is 0 Å². The largest absolute Gasteiger partial charge is 1.00 e. The van der Waals surface area contributed by atoms with Crippen LogP contribution in [0.15, 0.2) is 59.5 Å². The summed E-state index contributed by atoms with van der Waals surface area (Å²) >= 11 is 0. The molecule has 0 spiro atoms. The van der Waals surface area contributed by atoms with Crippen LogP contribution in [0.2, 0.25) is 0 Å². The molecule has 1 aromatic heterocycles. The molecule has 2 aromatic carbocycles. The van der Waals surface area contributed by atoms with E-state index in [1.807, 2.05) is 6.92 Å². The van der Waals surface area contributed by atoms with Crippen LogP contribution in [0.4, 0.5) is 13.2 Å². The number of nitrogens with zero attached hydrogens (tertiary/aromatic N) is 2. The van der Waals surface area contributed by atoms with E-state index in [2.05, 4.69) is 5.10 Å². The second-order valence-electron chi connectivity index (χ2n) is 5.73. The van der Waals surface area contributed by atoms with Crippen molar-refractivity contribution < 1.29 is 79.9 Å². The van der Waals surface area contributed by atoms with Crippen LogP contribution in [0.25, 0.3) is 16.9 Å². The molecule has 0 fully saturated rings. The van der Waals surface area contributed by atoms with E-state index in [-0.39, 0.29) is 74.6 Å². The van der Waals surface area contributed by atoms with Crippen molar-refractivity contribution in [1.82, 2.24) is 9.78 Å². The maximum absolute atomic E-state index is 13.1. The molecule has 0 aliphatic heterocycles. The van der Waals surface area contributed by atoms with Crippen molar-refractivity contribution in [2.24, 2.45) is 5.14 Å². The normalized spacial score (nSPS) is 11.5. The number of sulfonamides is 1. The quantitative estimate of drug-likeness (QED) is 0.571. The predicted octanol–water partition coefficient (Wildman–Crippen LogP) is -0.194. The monoisotopic (exact) mass is 439 g/mol. The molecule has 0 aliphatic carbocycles. The molecule has 0 unspecified atom stereocenters. The first-order valence-corrected chi connectivity index (χ1v) is 8.98. The molecule has 0 atom stereocenters. The van der Waals surface area contributed by atoms with E-state index >= 15 is 0 Å². The zero-order valence-electron chi connectivity index (χ0n) is 16.0. The molecule has 11 heteroatoms. The van der Waals surface area contributed by atoms with E-state index in [9.17, 15) is 21.6 Å². The number of rotatable bonds is 3. The predicted molar refractivity (Wildman–Crippen MR) is 94.8 cm³/mol. The van der Waals surface area contributed by atoms with Crippen LogP contribution < -0.4 is 56.5 Å². The van der Waals surface area contributed by atoms with E-state index < -0.39 is 21.9 Å². The molecule has 4 N–H and O–H groups in total. The van der Waals surface area contributed by atoms with Crippen LogP contribution >= 0.6 is 0 Å². The van der Waals surface area contributed by atoms with Gasteiger partial charge in [-0.2, -0.15) is 18.3 Å². The summed E-state index contributed by atoms with van der Waals surface area (Å²) in [5, 5.41) is 8.70. The van der Waals surface area contributed by atoms with Crippen molar-refractivity contribution >= 4 is 10.0 Å². The Labute approximate surface area is 203 Å². The molecular weight excluding hydrogens is 422 g/mol. The van der Waals surface area contributed by atoms with Crippen molar-refractivity contribution in [2.45, 2.75) is 18.0 Å². The van der Waals surface area contributed by atoms with Gasteiger partial charge in [-0.25, -0.2) is 18.2 Å². The van der Waals surface area contributed by atoms with Gasteiger partial charge in [0, 0.05) is 5.56 Å². The molecule has 0 saturated carbocycles. The molecule has 146 valence electrons. The Balaban J connectivity index is 0.00000261. The zero-order valence-corrected chi connectivity index (χ0v) is 19.0. The fourth-order valence-corrected chi connectivity index (χ4v) is 2.94. The molecule has 3 rings (SSSR count). The van der Waals surface area contributed by atoms with Gasteiger partial charge in [0.05, 0.1) is 16.3 Å². The Morgan fingerprint density at radius 2 is 1.57 bits per heavy atom. The van der Waals surface area contributed by atoms with Crippen LogP contribution in [-0.4, -0.2) is 23.7 Å². The molecule has 0 radical (unpaired) electrons. The third kappa shape index (κ3) is 5.51. The molecule has 0 bridgehead atoms. The maximum Gasteiger partial charge on any atom is 1.00 e. The second kappa shape index (κ2) is 9.18. The number of halogens is 3. The van der Waals surface area contributed by atoms with Gasteiger partial charge >= 0.3 is 57.6 Å². The molecule has 6 nitrogen and oxygen atoms in total. The van der Waals surface area contributed by atoms with Crippen molar-refractivity contribution in [3.63, 3.8) is 0 Å². The summed E-state index contributed by atoms with van der Waals surface area (Å²) in [5.41, 5.74) is 0.996. The summed E-state index contributed by atoms with van der Waals surface area (Å²) in [4.78, 5) is -0.138. The number of alkyl halides is 3. The number of hydrogen-bond donors (Lipinski definition) is 1. The SMILES string of the molecule is Cc1ccc(-c2cc(C(F)(F)F)nn2-c2ccc(S(N)(=O)=O)cc2)cc1.O.[H-].[K+]. The molecule has 0 saturated heterocycles. The molecule has 28 heavy (non-hydrogen) atoms. The van der Waals surface area contributed by atoms with Gasteiger partial charge in [0.1, 0.15) is 0 Å².